The zero-order valence-electron chi connectivity index (χ0n) is 15.9. The van der Waals surface area contributed by atoms with Crippen LogP contribution in [0.3, 0.4) is 0 Å². The Labute approximate surface area is 169 Å². The van der Waals surface area contributed by atoms with Gasteiger partial charge < -0.3 is 15.0 Å². The number of anilines is 2. The second kappa shape index (κ2) is 9.03. The highest BCUT2D eigenvalue weighted by molar-refractivity contribution is 6.30. The average Bonchev–Trinajstić information content (AvgIpc) is 2.71. The second-order valence-electron chi connectivity index (χ2n) is 6.71. The molecule has 1 amide bonds. The number of rotatable bonds is 5. The molecule has 28 heavy (non-hydrogen) atoms. The Bertz CT molecular complexity index is 826. The Balaban J connectivity index is 1.53. The average molecular weight is 403 g/mol. The van der Waals surface area contributed by atoms with Crippen molar-refractivity contribution in [1.82, 2.24) is 9.88 Å². The van der Waals surface area contributed by atoms with Crippen LogP contribution in [0.15, 0.2) is 42.6 Å². The summed E-state index contributed by atoms with van der Waals surface area (Å²) in [6.45, 7) is 4.77. The summed E-state index contributed by atoms with van der Waals surface area (Å²) < 4.78 is 4.73. The van der Waals surface area contributed by atoms with Gasteiger partial charge in [-0.05, 0) is 43.3 Å². The molecular formula is C20H23ClN4O3. The van der Waals surface area contributed by atoms with Crippen molar-refractivity contribution >= 4 is 35.0 Å². The first-order valence-corrected chi connectivity index (χ1v) is 9.43. The number of nitrogens with zero attached hydrogens (tertiary/aromatic N) is 3. The van der Waals surface area contributed by atoms with E-state index in [4.69, 9.17) is 16.3 Å². The number of piperazine rings is 1. The summed E-state index contributed by atoms with van der Waals surface area (Å²) in [6.07, 6.45) is 1.50. The van der Waals surface area contributed by atoms with Gasteiger partial charge in [-0.25, -0.2) is 9.78 Å². The van der Waals surface area contributed by atoms with Crippen molar-refractivity contribution < 1.29 is 14.3 Å². The minimum absolute atomic E-state index is 0.0995. The van der Waals surface area contributed by atoms with Crippen LogP contribution in [0.25, 0.3) is 0 Å². The first-order chi connectivity index (χ1) is 13.5. The van der Waals surface area contributed by atoms with Crippen LogP contribution in [0.2, 0.25) is 5.02 Å². The summed E-state index contributed by atoms with van der Waals surface area (Å²) in [5, 5.41) is 3.32. The van der Waals surface area contributed by atoms with Crippen LogP contribution in [0.5, 0.6) is 0 Å². The van der Waals surface area contributed by atoms with E-state index in [-0.39, 0.29) is 17.9 Å². The van der Waals surface area contributed by atoms with Crippen LogP contribution in [0, 0.1) is 0 Å². The summed E-state index contributed by atoms with van der Waals surface area (Å²) in [5.74, 6) is 0.0508. The van der Waals surface area contributed by atoms with Crippen molar-refractivity contribution in [3.63, 3.8) is 0 Å². The molecule has 148 valence electrons. The number of aromatic nitrogens is 1. The molecule has 0 spiro atoms. The van der Waals surface area contributed by atoms with Crippen LogP contribution in [-0.2, 0) is 9.53 Å². The number of methoxy groups -OCH3 is 1. The molecule has 1 N–H and O–H groups in total. The van der Waals surface area contributed by atoms with Crippen molar-refractivity contribution in [1.29, 1.82) is 0 Å². The highest BCUT2D eigenvalue weighted by atomic mass is 35.5. The lowest BCUT2D eigenvalue weighted by Crippen LogP contribution is -2.53. The zero-order chi connectivity index (χ0) is 20.1. The Kier molecular flexibility index (Phi) is 6.49. The van der Waals surface area contributed by atoms with E-state index in [1.807, 2.05) is 12.1 Å². The van der Waals surface area contributed by atoms with Crippen molar-refractivity contribution in [3.05, 3.63) is 53.2 Å². The molecule has 1 aromatic carbocycles. The second-order valence-corrected chi connectivity index (χ2v) is 7.15. The minimum Gasteiger partial charge on any atom is -0.465 e. The van der Waals surface area contributed by atoms with E-state index in [9.17, 15) is 9.59 Å². The maximum atomic E-state index is 12.3. The van der Waals surface area contributed by atoms with Gasteiger partial charge in [-0.1, -0.05) is 11.6 Å². The molecule has 1 aliphatic rings. The third kappa shape index (κ3) is 4.99. The Hall–Kier alpha value is -2.64. The van der Waals surface area contributed by atoms with Gasteiger partial charge in [0.15, 0.2) is 0 Å². The molecule has 1 atom stereocenters. The first kappa shape index (κ1) is 20.1. The third-order valence-corrected chi connectivity index (χ3v) is 4.98. The molecule has 1 saturated heterocycles. The molecule has 2 heterocycles. The fraction of sp³-hybridized carbons (Fsp3) is 0.350. The fourth-order valence-corrected chi connectivity index (χ4v) is 3.32. The molecule has 0 bridgehead atoms. The van der Waals surface area contributed by atoms with Gasteiger partial charge in [-0.15, -0.1) is 0 Å². The van der Waals surface area contributed by atoms with E-state index < -0.39 is 0 Å². The normalized spacial score (nSPS) is 17.2. The number of esters is 1. The molecule has 8 heteroatoms. The molecule has 0 saturated carbocycles. The molecule has 2 aromatic rings. The van der Waals surface area contributed by atoms with Crippen LogP contribution < -0.4 is 10.2 Å². The predicted octanol–water partition coefficient (Wildman–Crippen LogP) is 2.67. The lowest BCUT2D eigenvalue weighted by atomic mass is 10.1. The number of hydrogen-bond donors (Lipinski definition) is 1. The van der Waals surface area contributed by atoms with Gasteiger partial charge in [-0.3, -0.25) is 9.69 Å². The maximum Gasteiger partial charge on any atom is 0.337 e. The van der Waals surface area contributed by atoms with Crippen LogP contribution in [0.1, 0.15) is 17.3 Å². The Morgan fingerprint density at radius 2 is 1.96 bits per heavy atom. The number of halogens is 1. The minimum atomic E-state index is -0.342. The molecule has 1 aliphatic heterocycles. The zero-order valence-corrected chi connectivity index (χ0v) is 16.6. The van der Waals surface area contributed by atoms with Crippen molar-refractivity contribution in [2.24, 2.45) is 0 Å². The molecule has 1 unspecified atom stereocenters. The summed E-state index contributed by atoms with van der Waals surface area (Å²) in [7, 11) is 1.37. The van der Waals surface area contributed by atoms with E-state index in [0.29, 0.717) is 22.9 Å². The smallest absolute Gasteiger partial charge is 0.337 e. The topological polar surface area (TPSA) is 74.8 Å². The monoisotopic (exact) mass is 402 g/mol. The SMILES string of the molecule is COC(=O)c1ccc(N2CCN(CC(=O)Nc3ccc(Cl)cn3)C(C)C2)cc1. The summed E-state index contributed by atoms with van der Waals surface area (Å²) in [5.41, 5.74) is 1.58. The summed E-state index contributed by atoms with van der Waals surface area (Å²) in [4.78, 5) is 32.3. The van der Waals surface area contributed by atoms with E-state index in [1.54, 1.807) is 24.3 Å². The number of nitrogens with one attached hydrogen (secondary N) is 1. The van der Waals surface area contributed by atoms with E-state index >= 15 is 0 Å². The standard InChI is InChI=1S/C20H23ClN4O3/c1-14-12-25(17-6-3-15(4-7-17)20(27)28-2)10-9-24(14)13-19(26)23-18-8-5-16(21)11-22-18/h3-8,11,14H,9-10,12-13H2,1-2H3,(H,22,23,26). The van der Waals surface area contributed by atoms with Crippen LogP contribution in [-0.4, -0.2) is 61.1 Å². The van der Waals surface area contributed by atoms with E-state index in [0.717, 1.165) is 25.3 Å². The highest BCUT2D eigenvalue weighted by Gasteiger charge is 2.25. The summed E-state index contributed by atoms with van der Waals surface area (Å²) >= 11 is 5.81. The van der Waals surface area contributed by atoms with Gasteiger partial charge >= 0.3 is 5.97 Å². The maximum absolute atomic E-state index is 12.3. The predicted molar refractivity (Wildman–Crippen MR) is 109 cm³/mol. The molecule has 3 rings (SSSR count). The Morgan fingerprint density at radius 3 is 2.57 bits per heavy atom. The molecule has 1 aromatic heterocycles. The molecule has 7 nitrogen and oxygen atoms in total. The van der Waals surface area contributed by atoms with Gasteiger partial charge in [0.1, 0.15) is 5.82 Å². The number of hydrogen-bond acceptors (Lipinski definition) is 6. The summed E-state index contributed by atoms with van der Waals surface area (Å²) in [6, 6.07) is 11.0. The fourth-order valence-electron chi connectivity index (χ4n) is 3.21. The number of ether oxygens (including phenoxy) is 1. The number of amides is 1. The van der Waals surface area contributed by atoms with Crippen LogP contribution in [0.4, 0.5) is 11.5 Å². The molecule has 1 fully saturated rings. The number of benzene rings is 1. The number of carbonyl (C=O) groups is 2. The van der Waals surface area contributed by atoms with Crippen LogP contribution >= 0.6 is 11.6 Å². The van der Waals surface area contributed by atoms with E-state index in [2.05, 4.69) is 27.0 Å². The number of pyridine rings is 1. The van der Waals surface area contributed by atoms with Gasteiger partial charge in [0.25, 0.3) is 0 Å². The van der Waals surface area contributed by atoms with Gasteiger partial charge in [0.2, 0.25) is 5.91 Å². The highest BCUT2D eigenvalue weighted by Crippen LogP contribution is 2.20. The largest absolute Gasteiger partial charge is 0.465 e. The first-order valence-electron chi connectivity index (χ1n) is 9.05. The van der Waals surface area contributed by atoms with Gasteiger partial charge in [0.05, 0.1) is 24.2 Å². The third-order valence-electron chi connectivity index (χ3n) is 4.76. The lowest BCUT2D eigenvalue weighted by Gasteiger charge is -2.40. The van der Waals surface area contributed by atoms with Crippen molar-refractivity contribution in [3.8, 4) is 0 Å². The van der Waals surface area contributed by atoms with Gasteiger partial charge in [0, 0.05) is 37.6 Å². The van der Waals surface area contributed by atoms with Crippen molar-refractivity contribution in [2.75, 3.05) is 43.5 Å². The van der Waals surface area contributed by atoms with Crippen molar-refractivity contribution in [2.45, 2.75) is 13.0 Å². The quantitative estimate of drug-likeness (QED) is 0.775. The molecule has 0 aliphatic carbocycles. The number of carbonyl (C=O) groups excluding carboxylic acids is 2. The van der Waals surface area contributed by atoms with E-state index in [1.165, 1.54) is 13.3 Å². The Morgan fingerprint density at radius 1 is 1.21 bits per heavy atom. The van der Waals surface area contributed by atoms with Gasteiger partial charge in [-0.2, -0.15) is 0 Å². The molecular weight excluding hydrogens is 380 g/mol. The lowest BCUT2D eigenvalue weighted by molar-refractivity contribution is -0.117. The molecule has 0 radical (unpaired) electrons.